The Morgan fingerprint density at radius 2 is 1.73 bits per heavy atom. The second kappa shape index (κ2) is 6.57. The molecule has 0 spiro atoms. The fraction of sp³-hybridized carbons (Fsp3) is 0.263. The van der Waals surface area contributed by atoms with E-state index < -0.39 is 21.2 Å². The monoisotopic (exact) mass is 373 g/mol. The summed E-state index contributed by atoms with van der Waals surface area (Å²) in [6, 6.07) is 13.1. The topological polar surface area (TPSA) is 101 Å². The van der Waals surface area contributed by atoms with Gasteiger partial charge in [0.15, 0.2) is 9.84 Å². The SMILES string of the molecule is CS(=O)(=O)c1cc(NC(=O)C2(c3ccccc3)CCC2)cc(C(=O)O)c1. The molecule has 1 aliphatic carbocycles. The van der Waals surface area contributed by atoms with Crippen LogP contribution < -0.4 is 5.32 Å². The number of hydrogen-bond acceptors (Lipinski definition) is 4. The van der Waals surface area contributed by atoms with Gasteiger partial charge < -0.3 is 10.4 Å². The van der Waals surface area contributed by atoms with Crippen LogP contribution in [0.4, 0.5) is 5.69 Å². The largest absolute Gasteiger partial charge is 0.478 e. The summed E-state index contributed by atoms with van der Waals surface area (Å²) in [5.74, 6) is -1.51. The average Bonchev–Trinajstić information content (AvgIpc) is 2.53. The van der Waals surface area contributed by atoms with Gasteiger partial charge >= 0.3 is 5.97 Å². The van der Waals surface area contributed by atoms with E-state index in [1.807, 2.05) is 30.3 Å². The van der Waals surface area contributed by atoms with Crippen molar-refractivity contribution in [1.82, 2.24) is 0 Å². The fourth-order valence-corrected chi connectivity index (χ4v) is 3.88. The highest BCUT2D eigenvalue weighted by Crippen LogP contribution is 2.44. The molecule has 0 aliphatic heterocycles. The summed E-state index contributed by atoms with van der Waals surface area (Å²) < 4.78 is 23.7. The molecular formula is C19H19NO5S. The molecule has 26 heavy (non-hydrogen) atoms. The van der Waals surface area contributed by atoms with E-state index in [-0.39, 0.29) is 22.1 Å². The van der Waals surface area contributed by atoms with Gasteiger partial charge in [0.25, 0.3) is 0 Å². The molecule has 2 aromatic carbocycles. The number of carbonyl (C=O) groups excluding carboxylic acids is 1. The van der Waals surface area contributed by atoms with Crippen LogP contribution in [0.15, 0.2) is 53.4 Å². The minimum Gasteiger partial charge on any atom is -0.478 e. The zero-order valence-electron chi connectivity index (χ0n) is 14.2. The van der Waals surface area contributed by atoms with E-state index in [1.54, 1.807) is 0 Å². The Labute approximate surface area is 151 Å². The molecule has 0 unspecified atom stereocenters. The molecule has 1 saturated carbocycles. The Morgan fingerprint density at radius 3 is 2.23 bits per heavy atom. The maximum atomic E-state index is 13.0. The van der Waals surface area contributed by atoms with E-state index in [0.29, 0.717) is 12.8 Å². The number of aromatic carboxylic acids is 1. The lowest BCUT2D eigenvalue weighted by Gasteiger charge is -2.40. The normalized spacial score (nSPS) is 15.7. The van der Waals surface area contributed by atoms with Gasteiger partial charge in [-0.25, -0.2) is 13.2 Å². The summed E-state index contributed by atoms with van der Waals surface area (Å²) >= 11 is 0. The van der Waals surface area contributed by atoms with Crippen molar-refractivity contribution in [3.63, 3.8) is 0 Å². The third-order valence-electron chi connectivity index (χ3n) is 4.81. The van der Waals surface area contributed by atoms with Crippen molar-refractivity contribution in [2.24, 2.45) is 0 Å². The summed E-state index contributed by atoms with van der Waals surface area (Å²) in [6.07, 6.45) is 3.31. The Hall–Kier alpha value is -2.67. The quantitative estimate of drug-likeness (QED) is 0.839. The second-order valence-corrected chi connectivity index (χ2v) is 8.59. The van der Waals surface area contributed by atoms with Crippen LogP contribution >= 0.6 is 0 Å². The Balaban J connectivity index is 1.96. The van der Waals surface area contributed by atoms with Crippen molar-refractivity contribution in [2.75, 3.05) is 11.6 Å². The first kappa shape index (κ1) is 18.1. The highest BCUT2D eigenvalue weighted by Gasteiger charge is 2.45. The van der Waals surface area contributed by atoms with Crippen molar-refractivity contribution >= 4 is 27.4 Å². The summed E-state index contributed by atoms with van der Waals surface area (Å²) in [6.45, 7) is 0. The van der Waals surface area contributed by atoms with E-state index in [0.717, 1.165) is 24.3 Å². The Kier molecular flexibility index (Phi) is 4.58. The van der Waals surface area contributed by atoms with Crippen molar-refractivity contribution in [1.29, 1.82) is 0 Å². The van der Waals surface area contributed by atoms with Crippen molar-refractivity contribution < 1.29 is 23.1 Å². The number of hydrogen-bond donors (Lipinski definition) is 2. The smallest absolute Gasteiger partial charge is 0.335 e. The molecule has 0 aromatic heterocycles. The highest BCUT2D eigenvalue weighted by molar-refractivity contribution is 7.90. The van der Waals surface area contributed by atoms with Crippen LogP contribution in [0.1, 0.15) is 35.2 Å². The van der Waals surface area contributed by atoms with E-state index >= 15 is 0 Å². The second-order valence-electron chi connectivity index (χ2n) is 6.58. The summed E-state index contributed by atoms with van der Waals surface area (Å²) in [4.78, 5) is 24.1. The molecule has 3 rings (SSSR count). The van der Waals surface area contributed by atoms with E-state index in [1.165, 1.54) is 12.1 Å². The molecule has 0 heterocycles. The number of sulfone groups is 1. The van der Waals surface area contributed by atoms with Crippen molar-refractivity contribution in [2.45, 2.75) is 29.6 Å². The third kappa shape index (κ3) is 3.35. The third-order valence-corrected chi connectivity index (χ3v) is 5.90. The molecule has 2 aromatic rings. The Bertz CT molecular complexity index is 963. The van der Waals surface area contributed by atoms with Gasteiger partial charge in [-0.05, 0) is 36.6 Å². The van der Waals surface area contributed by atoms with Gasteiger partial charge in [-0.15, -0.1) is 0 Å². The first-order chi connectivity index (χ1) is 12.2. The fourth-order valence-electron chi connectivity index (χ4n) is 3.19. The maximum absolute atomic E-state index is 13.0. The first-order valence-electron chi connectivity index (χ1n) is 8.18. The van der Waals surface area contributed by atoms with Gasteiger partial charge in [0.05, 0.1) is 15.9 Å². The minimum atomic E-state index is -3.61. The van der Waals surface area contributed by atoms with Crippen LogP contribution in [0.5, 0.6) is 0 Å². The van der Waals surface area contributed by atoms with Crippen LogP contribution in [0, 0.1) is 0 Å². The molecule has 0 radical (unpaired) electrons. The number of anilines is 1. The molecule has 1 aliphatic rings. The number of carbonyl (C=O) groups is 2. The van der Waals surface area contributed by atoms with Crippen LogP contribution in [0.25, 0.3) is 0 Å². The molecular weight excluding hydrogens is 354 g/mol. The number of rotatable bonds is 5. The van der Waals surface area contributed by atoms with Gasteiger partial charge in [-0.1, -0.05) is 36.8 Å². The zero-order valence-corrected chi connectivity index (χ0v) is 15.0. The standard InChI is InChI=1S/C19H19NO5S/c1-26(24,25)16-11-13(17(21)22)10-15(12-16)20-18(23)19(8-5-9-19)14-6-3-2-4-7-14/h2-4,6-7,10-12H,5,8-9H2,1H3,(H,20,23)(H,21,22). The summed E-state index contributed by atoms with van der Waals surface area (Å²) in [5.41, 5.74) is 0.218. The molecule has 0 atom stereocenters. The van der Waals surface area contributed by atoms with E-state index in [2.05, 4.69) is 5.32 Å². The lowest BCUT2D eigenvalue weighted by atomic mass is 9.64. The maximum Gasteiger partial charge on any atom is 0.335 e. The number of nitrogens with one attached hydrogen (secondary N) is 1. The predicted octanol–water partition coefficient (Wildman–Crippen LogP) is 2.85. The van der Waals surface area contributed by atoms with Gasteiger partial charge in [0, 0.05) is 11.9 Å². The lowest BCUT2D eigenvalue weighted by molar-refractivity contribution is -0.124. The van der Waals surface area contributed by atoms with Gasteiger partial charge in [0.2, 0.25) is 5.91 Å². The van der Waals surface area contributed by atoms with E-state index in [4.69, 9.17) is 0 Å². The number of amides is 1. The van der Waals surface area contributed by atoms with Crippen molar-refractivity contribution in [3.05, 3.63) is 59.7 Å². The first-order valence-corrected chi connectivity index (χ1v) is 10.1. The van der Waals surface area contributed by atoms with Crippen LogP contribution in [0.2, 0.25) is 0 Å². The molecule has 136 valence electrons. The molecule has 0 saturated heterocycles. The molecule has 0 bridgehead atoms. The number of benzene rings is 2. The van der Waals surface area contributed by atoms with Crippen LogP contribution in [-0.4, -0.2) is 31.7 Å². The average molecular weight is 373 g/mol. The van der Waals surface area contributed by atoms with Crippen LogP contribution in [-0.2, 0) is 20.0 Å². The van der Waals surface area contributed by atoms with E-state index in [9.17, 15) is 23.1 Å². The number of carboxylic acids is 1. The molecule has 6 nitrogen and oxygen atoms in total. The van der Waals surface area contributed by atoms with Crippen LogP contribution in [0.3, 0.4) is 0 Å². The molecule has 1 fully saturated rings. The van der Waals surface area contributed by atoms with Gasteiger partial charge in [-0.2, -0.15) is 0 Å². The lowest BCUT2D eigenvalue weighted by Crippen LogP contribution is -2.46. The molecule has 2 N–H and O–H groups in total. The predicted molar refractivity (Wildman–Crippen MR) is 97.1 cm³/mol. The minimum absolute atomic E-state index is 0.143. The molecule has 7 heteroatoms. The molecule has 1 amide bonds. The van der Waals surface area contributed by atoms with Gasteiger partial charge in [0.1, 0.15) is 0 Å². The van der Waals surface area contributed by atoms with Crippen molar-refractivity contribution in [3.8, 4) is 0 Å². The summed E-state index contributed by atoms with van der Waals surface area (Å²) in [5, 5.41) is 11.9. The highest BCUT2D eigenvalue weighted by atomic mass is 32.2. The zero-order chi connectivity index (χ0) is 18.9. The Morgan fingerprint density at radius 1 is 1.08 bits per heavy atom. The number of carboxylic acid groups (broad SMARTS) is 1. The van der Waals surface area contributed by atoms with Gasteiger partial charge in [-0.3, -0.25) is 4.79 Å². The summed E-state index contributed by atoms with van der Waals surface area (Å²) in [7, 11) is -3.61.